The monoisotopic (exact) mass is 264 g/mol. The molecule has 0 aliphatic carbocycles. The lowest BCUT2D eigenvalue weighted by atomic mass is 10.3. The van der Waals surface area contributed by atoms with Crippen LogP contribution in [-0.4, -0.2) is 40.0 Å². The van der Waals surface area contributed by atoms with Crippen LogP contribution in [0.25, 0.3) is 0 Å². The summed E-state index contributed by atoms with van der Waals surface area (Å²) in [5.74, 6) is -1.22. The fourth-order valence-corrected chi connectivity index (χ4v) is 1.15. The molecule has 0 saturated heterocycles. The Morgan fingerprint density at radius 2 is 2.11 bits per heavy atom. The van der Waals surface area contributed by atoms with Crippen LogP contribution in [0.15, 0.2) is 18.2 Å². The van der Waals surface area contributed by atoms with E-state index >= 15 is 0 Å². The number of hydrogen-bond donors (Lipinski definition) is 3. The molecule has 3 N–H and O–H groups in total. The first-order chi connectivity index (χ1) is 8.30. The van der Waals surface area contributed by atoms with Crippen molar-refractivity contribution in [1.29, 1.82) is 0 Å². The predicted octanol–water partition coefficient (Wildman–Crippen LogP) is 0.793. The maximum absolute atomic E-state index is 12.0. The topological polar surface area (TPSA) is 82.5 Å². The molecule has 1 aromatic heterocycles. The van der Waals surface area contributed by atoms with Crippen LogP contribution in [0.3, 0.4) is 0 Å². The number of halogens is 3. The molecule has 0 fully saturated rings. The van der Waals surface area contributed by atoms with Crippen molar-refractivity contribution in [3.05, 3.63) is 29.6 Å². The first-order valence-electron chi connectivity index (χ1n) is 4.95. The van der Waals surface area contributed by atoms with Crippen molar-refractivity contribution in [3.8, 4) is 0 Å². The molecule has 1 unspecified atom stereocenters. The molecule has 0 spiro atoms. The van der Waals surface area contributed by atoms with Gasteiger partial charge in [-0.25, -0.2) is 9.78 Å². The van der Waals surface area contributed by atoms with Gasteiger partial charge in [0.15, 0.2) is 6.10 Å². The molecule has 8 heteroatoms. The molecule has 1 heterocycles. The van der Waals surface area contributed by atoms with Gasteiger partial charge in [-0.3, -0.25) is 0 Å². The molecule has 100 valence electrons. The van der Waals surface area contributed by atoms with Crippen LogP contribution in [0, 0.1) is 0 Å². The summed E-state index contributed by atoms with van der Waals surface area (Å²) in [6.45, 7) is -0.739. The van der Waals surface area contributed by atoms with Gasteiger partial charge in [0.1, 0.15) is 5.69 Å². The van der Waals surface area contributed by atoms with E-state index in [9.17, 15) is 18.0 Å². The first kappa shape index (κ1) is 14.4. The Hall–Kier alpha value is -1.67. The van der Waals surface area contributed by atoms with E-state index < -0.39 is 24.8 Å². The molecule has 0 saturated carbocycles. The van der Waals surface area contributed by atoms with E-state index in [0.717, 1.165) is 0 Å². The average molecular weight is 264 g/mol. The minimum atomic E-state index is -4.68. The zero-order chi connectivity index (χ0) is 13.8. The van der Waals surface area contributed by atoms with Gasteiger partial charge >= 0.3 is 12.1 Å². The lowest BCUT2D eigenvalue weighted by Gasteiger charge is -2.14. The van der Waals surface area contributed by atoms with Crippen LogP contribution in [0.2, 0.25) is 0 Å². The molecule has 0 aliphatic heterocycles. The van der Waals surface area contributed by atoms with E-state index in [0.29, 0.717) is 0 Å². The predicted molar refractivity (Wildman–Crippen MR) is 55.0 cm³/mol. The van der Waals surface area contributed by atoms with Crippen molar-refractivity contribution in [2.75, 3.05) is 6.54 Å². The molecule has 0 radical (unpaired) electrons. The van der Waals surface area contributed by atoms with Crippen LogP contribution < -0.4 is 5.32 Å². The van der Waals surface area contributed by atoms with E-state index in [1.165, 1.54) is 18.2 Å². The standard InChI is InChI=1S/C10H11F3N2O3/c11-10(12,13)8(16)5-14-4-6-2-1-3-7(15-6)9(17)18/h1-3,8,14,16H,4-5H2,(H,17,18). The lowest BCUT2D eigenvalue weighted by molar-refractivity contribution is -0.201. The molecule has 0 aliphatic rings. The highest BCUT2D eigenvalue weighted by molar-refractivity contribution is 5.85. The van der Waals surface area contributed by atoms with E-state index in [2.05, 4.69) is 10.3 Å². The number of alkyl halides is 3. The molecule has 0 bridgehead atoms. The summed E-state index contributed by atoms with van der Waals surface area (Å²) < 4.78 is 35.9. The highest BCUT2D eigenvalue weighted by Crippen LogP contribution is 2.19. The van der Waals surface area contributed by atoms with Crippen molar-refractivity contribution in [1.82, 2.24) is 10.3 Å². The molecule has 1 rings (SSSR count). The molecule has 5 nitrogen and oxygen atoms in total. The van der Waals surface area contributed by atoms with Crippen LogP contribution in [0.5, 0.6) is 0 Å². The number of nitrogens with one attached hydrogen (secondary N) is 1. The SMILES string of the molecule is O=C(O)c1cccc(CNCC(O)C(F)(F)F)n1. The van der Waals surface area contributed by atoms with Gasteiger partial charge in [0.05, 0.1) is 5.69 Å². The maximum Gasteiger partial charge on any atom is 0.415 e. The van der Waals surface area contributed by atoms with Gasteiger partial charge in [0.2, 0.25) is 0 Å². The Balaban J connectivity index is 2.49. The normalized spacial score (nSPS) is 13.3. The van der Waals surface area contributed by atoms with Crippen molar-refractivity contribution in [3.63, 3.8) is 0 Å². The molecule has 1 aromatic rings. The van der Waals surface area contributed by atoms with Crippen LogP contribution >= 0.6 is 0 Å². The largest absolute Gasteiger partial charge is 0.477 e. The van der Waals surface area contributed by atoms with Crippen molar-refractivity contribution < 1.29 is 28.2 Å². The van der Waals surface area contributed by atoms with Gasteiger partial charge in [-0.2, -0.15) is 13.2 Å². The second-order valence-corrected chi connectivity index (χ2v) is 3.51. The second-order valence-electron chi connectivity index (χ2n) is 3.51. The van der Waals surface area contributed by atoms with Gasteiger partial charge in [-0.15, -0.1) is 0 Å². The van der Waals surface area contributed by atoms with E-state index in [4.69, 9.17) is 10.2 Å². The third-order valence-corrected chi connectivity index (χ3v) is 2.05. The smallest absolute Gasteiger partial charge is 0.415 e. The number of hydrogen-bond acceptors (Lipinski definition) is 4. The number of carboxylic acid groups (broad SMARTS) is 1. The minimum absolute atomic E-state index is 0.0613. The quantitative estimate of drug-likeness (QED) is 0.732. The summed E-state index contributed by atoms with van der Waals surface area (Å²) in [5, 5.41) is 19.7. The Morgan fingerprint density at radius 1 is 1.44 bits per heavy atom. The second kappa shape index (κ2) is 5.78. The molecular formula is C10H11F3N2O3. The van der Waals surface area contributed by atoms with Gasteiger partial charge in [0.25, 0.3) is 0 Å². The summed E-state index contributed by atoms with van der Waals surface area (Å²) in [7, 11) is 0. The number of aromatic nitrogens is 1. The highest BCUT2D eigenvalue weighted by atomic mass is 19.4. The molecule has 18 heavy (non-hydrogen) atoms. The van der Waals surface area contributed by atoms with Crippen LogP contribution in [0.4, 0.5) is 13.2 Å². The summed E-state index contributed by atoms with van der Waals surface area (Å²) in [6, 6.07) is 4.18. The number of rotatable bonds is 5. The van der Waals surface area contributed by atoms with E-state index in [1.54, 1.807) is 0 Å². The third kappa shape index (κ3) is 4.30. The molecule has 0 amide bonds. The van der Waals surface area contributed by atoms with Gasteiger partial charge in [-0.1, -0.05) is 6.07 Å². The van der Waals surface area contributed by atoms with Crippen molar-refractivity contribution in [2.24, 2.45) is 0 Å². The highest BCUT2D eigenvalue weighted by Gasteiger charge is 2.37. The number of carboxylic acids is 1. The zero-order valence-electron chi connectivity index (χ0n) is 9.11. The number of carbonyl (C=O) groups is 1. The summed E-state index contributed by atoms with van der Waals surface area (Å²) in [6.07, 6.45) is -7.14. The Labute approximate surface area is 100 Å². The lowest BCUT2D eigenvalue weighted by Crippen LogP contribution is -2.38. The average Bonchev–Trinajstić information content (AvgIpc) is 2.28. The van der Waals surface area contributed by atoms with E-state index in [-0.39, 0.29) is 17.9 Å². The third-order valence-electron chi connectivity index (χ3n) is 2.05. The minimum Gasteiger partial charge on any atom is -0.477 e. The molecule has 0 aromatic carbocycles. The maximum atomic E-state index is 12.0. The first-order valence-corrected chi connectivity index (χ1v) is 4.95. The number of aliphatic hydroxyl groups excluding tert-OH is 1. The Kier molecular flexibility index (Phi) is 4.62. The molecule has 1 atom stereocenters. The number of pyridine rings is 1. The summed E-state index contributed by atoms with van der Waals surface area (Å²) in [5.41, 5.74) is 0.0925. The Morgan fingerprint density at radius 3 is 2.67 bits per heavy atom. The van der Waals surface area contributed by atoms with Crippen molar-refractivity contribution in [2.45, 2.75) is 18.8 Å². The fraction of sp³-hybridized carbons (Fsp3) is 0.400. The molecular weight excluding hydrogens is 253 g/mol. The number of aliphatic hydroxyl groups is 1. The van der Waals surface area contributed by atoms with Crippen LogP contribution in [-0.2, 0) is 6.54 Å². The fourth-order valence-electron chi connectivity index (χ4n) is 1.15. The van der Waals surface area contributed by atoms with Crippen molar-refractivity contribution >= 4 is 5.97 Å². The number of nitrogens with zero attached hydrogens (tertiary/aromatic N) is 1. The van der Waals surface area contributed by atoms with Gasteiger partial charge < -0.3 is 15.5 Å². The van der Waals surface area contributed by atoms with Gasteiger partial charge in [0, 0.05) is 13.1 Å². The number of aromatic carboxylic acids is 1. The summed E-state index contributed by atoms with van der Waals surface area (Å²) >= 11 is 0. The van der Waals surface area contributed by atoms with Crippen LogP contribution in [0.1, 0.15) is 16.2 Å². The van der Waals surface area contributed by atoms with Gasteiger partial charge in [-0.05, 0) is 12.1 Å². The zero-order valence-corrected chi connectivity index (χ0v) is 9.11. The van der Waals surface area contributed by atoms with E-state index in [1.807, 2.05) is 0 Å². The Bertz CT molecular complexity index is 423. The summed E-state index contributed by atoms with van der Waals surface area (Å²) in [4.78, 5) is 14.3.